The molecule has 0 N–H and O–H groups in total. The summed E-state index contributed by atoms with van der Waals surface area (Å²) >= 11 is 0. The van der Waals surface area contributed by atoms with Crippen LogP contribution in [-0.2, 0) is 14.3 Å². The Morgan fingerprint density at radius 2 is 1.79 bits per heavy atom. The van der Waals surface area contributed by atoms with Crippen molar-refractivity contribution < 1.29 is 12.6 Å². The Bertz CT molecular complexity index is 292. The Balaban J connectivity index is 1.87. The molecule has 0 amide bonds. The molecule has 3 nitrogen and oxygen atoms in total. The minimum atomic E-state index is -3.25. The Morgan fingerprint density at radius 1 is 1.07 bits per heavy atom. The Labute approximate surface area is 86.0 Å². The quantitative estimate of drug-likeness (QED) is 0.680. The zero-order valence-electron chi connectivity index (χ0n) is 8.61. The molecule has 0 aromatic heterocycles. The lowest BCUT2D eigenvalue weighted by molar-refractivity contribution is 0.123. The lowest BCUT2D eigenvalue weighted by Gasteiger charge is -2.28. The summed E-state index contributed by atoms with van der Waals surface area (Å²) in [6.45, 7) is 0. The molecule has 0 radical (unpaired) electrons. The van der Waals surface area contributed by atoms with Gasteiger partial charge in [0.2, 0.25) is 0 Å². The summed E-state index contributed by atoms with van der Waals surface area (Å²) < 4.78 is 27.0. The van der Waals surface area contributed by atoms with Crippen LogP contribution in [0.2, 0.25) is 0 Å². The molecule has 2 unspecified atom stereocenters. The van der Waals surface area contributed by atoms with Crippen LogP contribution in [0.15, 0.2) is 0 Å². The molecular formula is C10H18O3S. The van der Waals surface area contributed by atoms with Crippen molar-refractivity contribution in [3.63, 3.8) is 0 Å². The van der Waals surface area contributed by atoms with Crippen LogP contribution in [0.1, 0.15) is 38.5 Å². The summed E-state index contributed by atoms with van der Waals surface area (Å²) in [7, 11) is -3.25. The van der Waals surface area contributed by atoms with Gasteiger partial charge in [-0.15, -0.1) is 0 Å². The molecule has 0 saturated heterocycles. The van der Waals surface area contributed by atoms with Gasteiger partial charge in [0.15, 0.2) is 0 Å². The van der Waals surface area contributed by atoms with E-state index in [0.29, 0.717) is 0 Å². The van der Waals surface area contributed by atoms with Gasteiger partial charge in [0.05, 0.1) is 12.4 Å². The molecule has 0 aliphatic heterocycles. The topological polar surface area (TPSA) is 43.4 Å². The zero-order chi connectivity index (χ0) is 10.2. The van der Waals surface area contributed by atoms with Gasteiger partial charge in [-0.05, 0) is 43.9 Å². The smallest absolute Gasteiger partial charge is 0.264 e. The highest BCUT2D eigenvalue weighted by Gasteiger charge is 2.35. The fourth-order valence-corrected chi connectivity index (χ4v) is 3.18. The molecule has 0 aromatic rings. The van der Waals surface area contributed by atoms with Gasteiger partial charge < -0.3 is 0 Å². The van der Waals surface area contributed by atoms with Crippen molar-refractivity contribution in [1.82, 2.24) is 0 Å². The van der Waals surface area contributed by atoms with Crippen molar-refractivity contribution >= 4 is 10.1 Å². The highest BCUT2D eigenvalue weighted by atomic mass is 32.2. The third-order valence-corrected chi connectivity index (χ3v) is 3.89. The van der Waals surface area contributed by atoms with E-state index in [4.69, 9.17) is 4.18 Å². The molecule has 2 fully saturated rings. The lowest BCUT2D eigenvalue weighted by Crippen LogP contribution is -2.26. The van der Waals surface area contributed by atoms with E-state index in [1.54, 1.807) is 0 Å². The number of hydrogen-bond acceptors (Lipinski definition) is 3. The molecule has 0 heterocycles. The summed E-state index contributed by atoms with van der Waals surface area (Å²) in [5.74, 6) is 1.61. The molecule has 2 aliphatic carbocycles. The lowest BCUT2D eigenvalue weighted by atomic mass is 9.84. The Morgan fingerprint density at radius 3 is 2.36 bits per heavy atom. The number of rotatable bonds is 3. The van der Waals surface area contributed by atoms with Crippen LogP contribution in [0, 0.1) is 11.8 Å². The van der Waals surface area contributed by atoms with Crippen molar-refractivity contribution in [2.75, 3.05) is 6.26 Å². The van der Waals surface area contributed by atoms with Crippen LogP contribution in [0.5, 0.6) is 0 Å². The molecule has 82 valence electrons. The highest BCUT2D eigenvalue weighted by Crippen LogP contribution is 2.44. The van der Waals surface area contributed by atoms with E-state index in [1.165, 1.54) is 19.3 Å². The average molecular weight is 218 g/mol. The molecule has 2 aliphatic rings. The van der Waals surface area contributed by atoms with Crippen molar-refractivity contribution in [3.05, 3.63) is 0 Å². The SMILES string of the molecule is CS(=O)(=O)OC1CCCC(C2CC2)C1. The molecule has 4 heteroatoms. The first kappa shape index (κ1) is 10.4. The molecule has 0 aromatic carbocycles. The van der Waals surface area contributed by atoms with E-state index in [9.17, 15) is 8.42 Å². The normalized spacial score (nSPS) is 34.4. The maximum Gasteiger partial charge on any atom is 0.264 e. The first-order valence-corrected chi connectivity index (χ1v) is 7.24. The maximum absolute atomic E-state index is 11.0. The van der Waals surface area contributed by atoms with Crippen molar-refractivity contribution in [2.45, 2.75) is 44.6 Å². The second-order valence-electron chi connectivity index (χ2n) is 4.69. The van der Waals surface area contributed by atoms with E-state index in [1.807, 2.05) is 0 Å². The second kappa shape index (κ2) is 3.81. The van der Waals surface area contributed by atoms with Crippen LogP contribution in [0.3, 0.4) is 0 Å². The monoisotopic (exact) mass is 218 g/mol. The minimum absolute atomic E-state index is 0.0376. The van der Waals surface area contributed by atoms with Gasteiger partial charge in [0, 0.05) is 0 Å². The van der Waals surface area contributed by atoms with Gasteiger partial charge in [0.25, 0.3) is 10.1 Å². The predicted octanol–water partition coefficient (Wildman–Crippen LogP) is 1.93. The summed E-state index contributed by atoms with van der Waals surface area (Å²) in [5, 5.41) is 0. The average Bonchev–Trinajstić information content (AvgIpc) is 2.83. The van der Waals surface area contributed by atoms with E-state index in [0.717, 1.165) is 37.4 Å². The first-order chi connectivity index (χ1) is 6.54. The van der Waals surface area contributed by atoms with Gasteiger partial charge in [-0.1, -0.05) is 6.42 Å². The minimum Gasteiger partial charge on any atom is -0.267 e. The van der Waals surface area contributed by atoms with Crippen LogP contribution in [0.25, 0.3) is 0 Å². The van der Waals surface area contributed by atoms with Crippen LogP contribution in [-0.4, -0.2) is 20.8 Å². The summed E-state index contributed by atoms with van der Waals surface area (Å²) in [5.41, 5.74) is 0. The summed E-state index contributed by atoms with van der Waals surface area (Å²) in [6.07, 6.45) is 8.06. The van der Waals surface area contributed by atoms with E-state index < -0.39 is 10.1 Å². The third kappa shape index (κ3) is 2.95. The van der Waals surface area contributed by atoms with Crippen molar-refractivity contribution in [3.8, 4) is 0 Å². The van der Waals surface area contributed by atoms with Crippen LogP contribution >= 0.6 is 0 Å². The van der Waals surface area contributed by atoms with E-state index in [2.05, 4.69) is 0 Å². The molecular weight excluding hydrogens is 200 g/mol. The first-order valence-electron chi connectivity index (χ1n) is 5.43. The third-order valence-electron chi connectivity index (χ3n) is 3.27. The van der Waals surface area contributed by atoms with Gasteiger partial charge in [-0.25, -0.2) is 0 Å². The van der Waals surface area contributed by atoms with Gasteiger partial charge in [0.1, 0.15) is 0 Å². The van der Waals surface area contributed by atoms with Gasteiger partial charge in [-0.2, -0.15) is 8.42 Å². The van der Waals surface area contributed by atoms with Crippen molar-refractivity contribution in [1.29, 1.82) is 0 Å². The molecule has 0 bridgehead atoms. The summed E-state index contributed by atoms with van der Waals surface area (Å²) in [6, 6.07) is 0. The number of hydrogen-bond donors (Lipinski definition) is 0. The fourth-order valence-electron chi connectivity index (χ4n) is 2.51. The highest BCUT2D eigenvalue weighted by molar-refractivity contribution is 7.86. The molecule has 2 rings (SSSR count). The molecule has 2 saturated carbocycles. The fraction of sp³-hybridized carbons (Fsp3) is 1.00. The maximum atomic E-state index is 11.0. The van der Waals surface area contributed by atoms with Crippen molar-refractivity contribution in [2.24, 2.45) is 11.8 Å². The van der Waals surface area contributed by atoms with Gasteiger partial charge in [-0.3, -0.25) is 4.18 Å². The summed E-state index contributed by atoms with van der Waals surface area (Å²) in [4.78, 5) is 0. The Kier molecular flexibility index (Phi) is 2.84. The zero-order valence-corrected chi connectivity index (χ0v) is 9.42. The molecule has 2 atom stereocenters. The van der Waals surface area contributed by atoms with Crippen LogP contribution < -0.4 is 0 Å². The van der Waals surface area contributed by atoms with Gasteiger partial charge >= 0.3 is 0 Å². The standard InChI is InChI=1S/C10H18O3S/c1-14(11,12)13-10-4-2-3-9(7-10)8-5-6-8/h8-10H,2-7H2,1H3. The Hall–Kier alpha value is -0.0900. The van der Waals surface area contributed by atoms with E-state index in [-0.39, 0.29) is 6.10 Å². The van der Waals surface area contributed by atoms with E-state index >= 15 is 0 Å². The predicted molar refractivity (Wildman–Crippen MR) is 54.4 cm³/mol. The molecule has 14 heavy (non-hydrogen) atoms. The van der Waals surface area contributed by atoms with Crippen LogP contribution in [0.4, 0.5) is 0 Å². The largest absolute Gasteiger partial charge is 0.267 e. The second-order valence-corrected chi connectivity index (χ2v) is 6.29. The molecule has 0 spiro atoms.